The molecule has 0 saturated carbocycles. The highest BCUT2D eigenvalue weighted by Crippen LogP contribution is 2.41. The van der Waals surface area contributed by atoms with E-state index in [2.05, 4.69) is 29.2 Å². The van der Waals surface area contributed by atoms with Crippen LogP contribution < -0.4 is 0 Å². The standard InChI is InChI=1S/C21H24N2O2.ClH/c24-23(25)19-9-5-16(6-10-19)11-13-22-14-12-21-18(15-22)8-7-17-3-1-2-4-20(17)21;/h1-6,9-10,18,21H,7-8,11-15H2;1H/t18-,21+;/m0./s1. The van der Waals surface area contributed by atoms with Crippen molar-refractivity contribution in [1.82, 2.24) is 4.90 Å². The predicted octanol–water partition coefficient (Wildman–Crippen LogP) is 4.61. The number of non-ortho nitro benzene ring substituents is 1. The molecule has 4 nitrogen and oxygen atoms in total. The Hall–Kier alpha value is -1.91. The van der Waals surface area contributed by atoms with Gasteiger partial charge in [-0.3, -0.25) is 10.1 Å². The summed E-state index contributed by atoms with van der Waals surface area (Å²) in [6.07, 6.45) is 4.73. The molecule has 0 aromatic heterocycles. The Morgan fingerprint density at radius 3 is 2.62 bits per heavy atom. The van der Waals surface area contributed by atoms with E-state index in [9.17, 15) is 10.1 Å². The van der Waals surface area contributed by atoms with Crippen LogP contribution in [-0.2, 0) is 12.8 Å². The van der Waals surface area contributed by atoms with Gasteiger partial charge in [-0.2, -0.15) is 0 Å². The molecule has 0 bridgehead atoms. The van der Waals surface area contributed by atoms with E-state index in [1.807, 2.05) is 12.1 Å². The molecule has 0 spiro atoms. The lowest BCUT2D eigenvalue weighted by Gasteiger charge is -2.42. The molecule has 2 aromatic rings. The molecule has 138 valence electrons. The third-order valence-corrected chi connectivity index (χ3v) is 5.92. The fourth-order valence-electron chi connectivity index (χ4n) is 4.55. The van der Waals surface area contributed by atoms with Crippen molar-refractivity contribution in [3.8, 4) is 0 Å². The van der Waals surface area contributed by atoms with Crippen molar-refractivity contribution in [1.29, 1.82) is 0 Å². The molecule has 1 aliphatic carbocycles. The number of piperidine rings is 1. The van der Waals surface area contributed by atoms with Crippen molar-refractivity contribution in [2.24, 2.45) is 5.92 Å². The van der Waals surface area contributed by atoms with Crippen molar-refractivity contribution in [2.45, 2.75) is 31.6 Å². The average Bonchev–Trinajstić information content (AvgIpc) is 2.66. The summed E-state index contributed by atoms with van der Waals surface area (Å²) in [5, 5.41) is 10.7. The van der Waals surface area contributed by atoms with Gasteiger partial charge in [0.15, 0.2) is 0 Å². The number of rotatable bonds is 4. The maximum atomic E-state index is 10.7. The van der Waals surface area contributed by atoms with Crippen LogP contribution in [-0.4, -0.2) is 29.5 Å². The molecule has 0 unspecified atom stereocenters. The molecule has 0 N–H and O–H groups in total. The van der Waals surface area contributed by atoms with Crippen molar-refractivity contribution in [3.63, 3.8) is 0 Å². The lowest BCUT2D eigenvalue weighted by Crippen LogP contribution is -2.42. The highest BCUT2D eigenvalue weighted by molar-refractivity contribution is 5.85. The number of hydrogen-bond donors (Lipinski definition) is 0. The van der Waals surface area contributed by atoms with E-state index >= 15 is 0 Å². The summed E-state index contributed by atoms with van der Waals surface area (Å²) in [5.41, 5.74) is 4.50. The van der Waals surface area contributed by atoms with Crippen molar-refractivity contribution < 1.29 is 4.92 Å². The normalized spacial score (nSPS) is 22.0. The first-order valence-corrected chi connectivity index (χ1v) is 9.24. The lowest BCUT2D eigenvalue weighted by molar-refractivity contribution is -0.384. The minimum Gasteiger partial charge on any atom is -0.303 e. The molecule has 5 heteroatoms. The monoisotopic (exact) mass is 372 g/mol. The number of likely N-dealkylation sites (tertiary alicyclic amines) is 1. The smallest absolute Gasteiger partial charge is 0.269 e. The minimum absolute atomic E-state index is 0. The topological polar surface area (TPSA) is 46.4 Å². The van der Waals surface area contributed by atoms with Gasteiger partial charge in [0.1, 0.15) is 0 Å². The van der Waals surface area contributed by atoms with Gasteiger partial charge in [-0.1, -0.05) is 36.4 Å². The zero-order chi connectivity index (χ0) is 17.2. The van der Waals surface area contributed by atoms with Gasteiger partial charge in [0.2, 0.25) is 0 Å². The SMILES string of the molecule is Cl.O=[N+]([O-])c1ccc(CCN2CC[C@H]3c4ccccc4CC[C@H]3C2)cc1. The molecule has 2 atom stereocenters. The van der Waals surface area contributed by atoms with E-state index in [1.54, 1.807) is 23.3 Å². The van der Waals surface area contributed by atoms with Gasteiger partial charge in [0.05, 0.1) is 4.92 Å². The Bertz CT molecular complexity index is 763. The number of halogens is 1. The summed E-state index contributed by atoms with van der Waals surface area (Å²) in [4.78, 5) is 13.0. The summed E-state index contributed by atoms with van der Waals surface area (Å²) in [7, 11) is 0. The molecule has 1 fully saturated rings. The number of nitrogens with zero attached hydrogens (tertiary/aromatic N) is 2. The van der Waals surface area contributed by atoms with E-state index in [4.69, 9.17) is 0 Å². The second-order valence-electron chi connectivity index (χ2n) is 7.37. The van der Waals surface area contributed by atoms with Crippen molar-refractivity contribution in [2.75, 3.05) is 19.6 Å². The Labute approximate surface area is 160 Å². The molecule has 1 aliphatic heterocycles. The Kier molecular flexibility index (Phi) is 5.94. The van der Waals surface area contributed by atoms with E-state index in [0.717, 1.165) is 31.3 Å². The van der Waals surface area contributed by atoms with Gasteiger partial charge >= 0.3 is 0 Å². The molecule has 4 rings (SSSR count). The summed E-state index contributed by atoms with van der Waals surface area (Å²) in [5.74, 6) is 1.51. The molecule has 0 radical (unpaired) electrons. The number of aryl methyl sites for hydroxylation is 1. The summed E-state index contributed by atoms with van der Waals surface area (Å²) in [6.45, 7) is 3.39. The first-order valence-electron chi connectivity index (χ1n) is 9.24. The molecule has 2 aliphatic rings. The van der Waals surface area contributed by atoms with Crippen LogP contribution in [0.1, 0.15) is 35.4 Å². The number of nitro groups is 1. The van der Waals surface area contributed by atoms with Crippen LogP contribution in [0.25, 0.3) is 0 Å². The van der Waals surface area contributed by atoms with Gasteiger partial charge in [-0.25, -0.2) is 0 Å². The second-order valence-corrected chi connectivity index (χ2v) is 7.37. The zero-order valence-corrected chi connectivity index (χ0v) is 15.7. The van der Waals surface area contributed by atoms with E-state index in [-0.39, 0.29) is 23.0 Å². The number of benzene rings is 2. The van der Waals surface area contributed by atoms with E-state index in [1.165, 1.54) is 31.4 Å². The molecule has 26 heavy (non-hydrogen) atoms. The molecule has 1 saturated heterocycles. The third-order valence-electron chi connectivity index (χ3n) is 5.92. The fourth-order valence-corrected chi connectivity index (χ4v) is 4.55. The van der Waals surface area contributed by atoms with Crippen LogP contribution in [0.4, 0.5) is 5.69 Å². The van der Waals surface area contributed by atoms with Gasteiger partial charge in [0.25, 0.3) is 5.69 Å². The third kappa shape index (κ3) is 3.92. The van der Waals surface area contributed by atoms with Crippen LogP contribution in [0.2, 0.25) is 0 Å². The Balaban J connectivity index is 0.00000196. The Morgan fingerprint density at radius 2 is 1.85 bits per heavy atom. The van der Waals surface area contributed by atoms with Gasteiger partial charge in [-0.15, -0.1) is 12.4 Å². The average molecular weight is 373 g/mol. The molecule has 2 aromatic carbocycles. The highest BCUT2D eigenvalue weighted by atomic mass is 35.5. The molecule has 1 heterocycles. The number of fused-ring (bicyclic) bond motifs is 3. The summed E-state index contributed by atoms with van der Waals surface area (Å²) >= 11 is 0. The van der Waals surface area contributed by atoms with Crippen LogP contribution in [0.5, 0.6) is 0 Å². The van der Waals surface area contributed by atoms with Gasteiger partial charge < -0.3 is 4.90 Å². The summed E-state index contributed by atoms with van der Waals surface area (Å²) < 4.78 is 0. The van der Waals surface area contributed by atoms with E-state index < -0.39 is 0 Å². The lowest BCUT2D eigenvalue weighted by atomic mass is 9.71. The van der Waals surface area contributed by atoms with Crippen LogP contribution in [0.15, 0.2) is 48.5 Å². The van der Waals surface area contributed by atoms with Crippen LogP contribution in [0, 0.1) is 16.0 Å². The quantitative estimate of drug-likeness (QED) is 0.581. The molecular formula is C21H25ClN2O2. The van der Waals surface area contributed by atoms with Gasteiger partial charge in [-0.05, 0) is 60.8 Å². The van der Waals surface area contributed by atoms with Crippen LogP contribution in [0.3, 0.4) is 0 Å². The number of hydrogen-bond acceptors (Lipinski definition) is 3. The number of nitro benzene ring substituents is 1. The Morgan fingerprint density at radius 1 is 1.08 bits per heavy atom. The van der Waals surface area contributed by atoms with Gasteiger partial charge in [0, 0.05) is 25.2 Å². The maximum Gasteiger partial charge on any atom is 0.269 e. The van der Waals surface area contributed by atoms with Crippen molar-refractivity contribution >= 4 is 18.1 Å². The van der Waals surface area contributed by atoms with Crippen molar-refractivity contribution in [3.05, 3.63) is 75.3 Å². The maximum absolute atomic E-state index is 10.7. The van der Waals surface area contributed by atoms with E-state index in [0.29, 0.717) is 0 Å². The first kappa shape index (κ1) is 18.9. The van der Waals surface area contributed by atoms with Crippen LogP contribution >= 0.6 is 12.4 Å². The predicted molar refractivity (Wildman–Crippen MR) is 106 cm³/mol. The zero-order valence-electron chi connectivity index (χ0n) is 14.8. The highest BCUT2D eigenvalue weighted by Gasteiger charge is 2.33. The largest absolute Gasteiger partial charge is 0.303 e. The molecular weight excluding hydrogens is 348 g/mol. The summed E-state index contributed by atoms with van der Waals surface area (Å²) in [6, 6.07) is 16.0. The minimum atomic E-state index is -0.338. The first-order chi connectivity index (χ1) is 12.2. The second kappa shape index (κ2) is 8.19. The molecule has 0 amide bonds. The fraction of sp³-hybridized carbons (Fsp3) is 0.429.